The van der Waals surface area contributed by atoms with Crippen LogP contribution in [0.5, 0.6) is 0 Å². The Morgan fingerprint density at radius 1 is 0.400 bits per heavy atom. The van der Waals surface area contributed by atoms with E-state index in [1.807, 2.05) is 41.5 Å². The summed E-state index contributed by atoms with van der Waals surface area (Å²) in [6.07, 6.45) is 0. The Balaban J connectivity index is 5.62. The lowest BCUT2D eigenvalue weighted by Crippen LogP contribution is -2.74. The molecule has 0 amide bonds. The van der Waals surface area contributed by atoms with E-state index in [9.17, 15) is 0 Å². The van der Waals surface area contributed by atoms with Gasteiger partial charge in [0.1, 0.15) is 0 Å². The average Bonchev–Trinajstić information content (AvgIpc) is 2.40. The zero-order chi connectivity index (χ0) is 15.5. The summed E-state index contributed by atoms with van der Waals surface area (Å²) in [7, 11) is -6.33. The van der Waals surface area contributed by atoms with E-state index in [0.717, 1.165) is 0 Å². The van der Waals surface area contributed by atoms with Crippen LogP contribution in [0.4, 0.5) is 0 Å². The molecule has 0 saturated heterocycles. The third kappa shape index (κ3) is 4.88. The van der Waals surface area contributed by atoms with Gasteiger partial charge in [-0.1, -0.05) is 0 Å². The lowest BCUT2D eigenvalue weighted by molar-refractivity contribution is 0.0224. The topological polar surface area (TPSA) is 55.4 Å². The molecular formula is C12H30O6Si2. The molecule has 122 valence electrons. The Hall–Kier alpha value is 0.194. The van der Waals surface area contributed by atoms with E-state index in [-0.39, 0.29) is 0 Å². The molecular weight excluding hydrogens is 296 g/mol. The van der Waals surface area contributed by atoms with Crippen molar-refractivity contribution in [1.82, 2.24) is 0 Å². The van der Waals surface area contributed by atoms with E-state index in [2.05, 4.69) is 0 Å². The minimum Gasteiger partial charge on any atom is -0.371 e. The van der Waals surface area contributed by atoms with Crippen molar-refractivity contribution < 1.29 is 26.6 Å². The minimum absolute atomic E-state index is 0.466. The van der Waals surface area contributed by atoms with Gasteiger partial charge in [0.15, 0.2) is 0 Å². The van der Waals surface area contributed by atoms with Crippen LogP contribution in [0.1, 0.15) is 41.5 Å². The van der Waals surface area contributed by atoms with Crippen LogP contribution in [0.3, 0.4) is 0 Å². The van der Waals surface area contributed by atoms with Crippen molar-refractivity contribution >= 4 is 16.6 Å². The largest absolute Gasteiger partial charge is 0.577 e. The second-order valence-electron chi connectivity index (χ2n) is 3.71. The van der Waals surface area contributed by atoms with Crippen molar-refractivity contribution in [2.24, 2.45) is 0 Å². The van der Waals surface area contributed by atoms with Crippen molar-refractivity contribution in [1.29, 1.82) is 0 Å². The lowest BCUT2D eigenvalue weighted by atomic mass is 10.9. The molecule has 0 aromatic carbocycles. The average molecular weight is 327 g/mol. The zero-order valence-corrected chi connectivity index (χ0v) is 15.7. The minimum atomic E-state index is -3.17. The van der Waals surface area contributed by atoms with Gasteiger partial charge in [-0.05, 0) is 41.5 Å². The highest BCUT2D eigenvalue weighted by molar-refractivity contribution is 7.26. The normalized spacial score (nSPS) is 12.9. The maximum atomic E-state index is 5.91. The standard InChI is InChI=1S/C12H30O6Si2/c1-7-13-19(14-8-2,15-9-3)20(16-10-4,17-11-5)18-12-6/h7-12H2,1-6H3. The van der Waals surface area contributed by atoms with Crippen LogP contribution in [0.2, 0.25) is 0 Å². The molecule has 0 aromatic heterocycles. The molecule has 0 atom stereocenters. The van der Waals surface area contributed by atoms with Crippen molar-refractivity contribution in [3.05, 3.63) is 0 Å². The fourth-order valence-electron chi connectivity index (χ4n) is 1.92. The Morgan fingerprint density at radius 2 is 0.550 bits per heavy atom. The van der Waals surface area contributed by atoms with Gasteiger partial charge < -0.3 is 26.6 Å². The lowest BCUT2D eigenvalue weighted by Gasteiger charge is -2.39. The van der Waals surface area contributed by atoms with E-state index in [4.69, 9.17) is 26.6 Å². The summed E-state index contributed by atoms with van der Waals surface area (Å²) in [6, 6.07) is 0. The highest BCUT2D eigenvalue weighted by Crippen LogP contribution is 2.27. The molecule has 0 aliphatic rings. The van der Waals surface area contributed by atoms with Crippen molar-refractivity contribution in [3.63, 3.8) is 0 Å². The quantitative estimate of drug-likeness (QED) is 0.484. The maximum Gasteiger partial charge on any atom is 0.577 e. The van der Waals surface area contributed by atoms with Gasteiger partial charge in [0.05, 0.1) is 0 Å². The summed E-state index contributed by atoms with van der Waals surface area (Å²) >= 11 is 0. The third-order valence-corrected chi connectivity index (χ3v) is 12.0. The van der Waals surface area contributed by atoms with E-state index in [1.54, 1.807) is 0 Å². The van der Waals surface area contributed by atoms with E-state index in [0.29, 0.717) is 39.6 Å². The highest BCUT2D eigenvalue weighted by atomic mass is 29.3. The highest BCUT2D eigenvalue weighted by Gasteiger charge is 2.72. The maximum absolute atomic E-state index is 5.91. The van der Waals surface area contributed by atoms with Gasteiger partial charge in [0, 0.05) is 39.6 Å². The molecule has 0 aliphatic carbocycles. The number of hydrogen-bond donors (Lipinski definition) is 0. The molecule has 0 spiro atoms. The fraction of sp³-hybridized carbons (Fsp3) is 1.00. The fourth-order valence-corrected chi connectivity index (χ4v) is 11.5. The molecule has 0 bridgehead atoms. The summed E-state index contributed by atoms with van der Waals surface area (Å²) in [6.45, 7) is 14.2. The van der Waals surface area contributed by atoms with Crippen LogP contribution in [0.25, 0.3) is 0 Å². The third-order valence-electron chi connectivity index (χ3n) is 2.38. The van der Waals surface area contributed by atoms with Crippen LogP contribution >= 0.6 is 0 Å². The Morgan fingerprint density at radius 3 is 0.650 bits per heavy atom. The summed E-state index contributed by atoms with van der Waals surface area (Å²) < 4.78 is 35.5. The van der Waals surface area contributed by atoms with Gasteiger partial charge in [-0.3, -0.25) is 0 Å². The van der Waals surface area contributed by atoms with Gasteiger partial charge >= 0.3 is 16.6 Å². The van der Waals surface area contributed by atoms with Gasteiger partial charge in [-0.2, -0.15) is 0 Å². The Kier molecular flexibility index (Phi) is 11.0. The van der Waals surface area contributed by atoms with E-state index in [1.165, 1.54) is 0 Å². The van der Waals surface area contributed by atoms with E-state index >= 15 is 0 Å². The summed E-state index contributed by atoms with van der Waals surface area (Å²) in [5.41, 5.74) is 0. The molecule has 8 heteroatoms. The van der Waals surface area contributed by atoms with Gasteiger partial charge in [-0.15, -0.1) is 0 Å². The second kappa shape index (κ2) is 10.9. The summed E-state index contributed by atoms with van der Waals surface area (Å²) in [5.74, 6) is 0. The van der Waals surface area contributed by atoms with Crippen LogP contribution in [0.15, 0.2) is 0 Å². The molecule has 6 nitrogen and oxygen atoms in total. The molecule has 0 heterocycles. The van der Waals surface area contributed by atoms with Crippen molar-refractivity contribution in [3.8, 4) is 0 Å². The van der Waals surface area contributed by atoms with Gasteiger partial charge in [-0.25, -0.2) is 0 Å². The number of hydrogen-bond acceptors (Lipinski definition) is 6. The first kappa shape index (κ1) is 20.2. The first-order valence-electron chi connectivity index (χ1n) is 7.45. The van der Waals surface area contributed by atoms with Crippen LogP contribution in [-0.4, -0.2) is 56.3 Å². The molecule has 0 fully saturated rings. The molecule has 0 aliphatic heterocycles. The smallest absolute Gasteiger partial charge is 0.371 e. The Bertz CT molecular complexity index is 184. The van der Waals surface area contributed by atoms with Crippen LogP contribution in [-0.2, 0) is 26.6 Å². The van der Waals surface area contributed by atoms with Gasteiger partial charge in [0.25, 0.3) is 0 Å². The molecule has 0 N–H and O–H groups in total. The van der Waals surface area contributed by atoms with Gasteiger partial charge in [0.2, 0.25) is 0 Å². The molecule has 0 saturated carbocycles. The molecule has 0 unspecified atom stereocenters. The van der Waals surface area contributed by atoms with Crippen LogP contribution < -0.4 is 0 Å². The van der Waals surface area contributed by atoms with E-state index < -0.39 is 16.6 Å². The molecule has 0 radical (unpaired) electrons. The number of rotatable bonds is 13. The van der Waals surface area contributed by atoms with Crippen molar-refractivity contribution in [2.45, 2.75) is 41.5 Å². The first-order valence-corrected chi connectivity index (χ1v) is 11.9. The predicted molar refractivity (Wildman–Crippen MR) is 81.3 cm³/mol. The Labute approximate surface area is 125 Å². The zero-order valence-electron chi connectivity index (χ0n) is 13.7. The SMILES string of the molecule is CCO[Si](OCC)(OCC)[Si](OCC)(OCC)OCC. The monoisotopic (exact) mass is 326 g/mol. The van der Waals surface area contributed by atoms with Crippen LogP contribution in [0, 0.1) is 0 Å². The predicted octanol–water partition coefficient (Wildman–Crippen LogP) is 2.16. The second-order valence-corrected chi connectivity index (χ2v) is 11.3. The molecule has 20 heavy (non-hydrogen) atoms. The first-order chi connectivity index (χ1) is 9.61. The summed E-state index contributed by atoms with van der Waals surface area (Å²) in [5, 5.41) is 0. The molecule has 0 aromatic rings. The molecule has 0 rings (SSSR count). The van der Waals surface area contributed by atoms with Crippen molar-refractivity contribution in [2.75, 3.05) is 39.6 Å². The summed E-state index contributed by atoms with van der Waals surface area (Å²) in [4.78, 5) is 0.